The molecule has 3 amide bonds. The van der Waals surface area contributed by atoms with Crippen LogP contribution >= 0.6 is 0 Å². The first kappa shape index (κ1) is 28.1. The van der Waals surface area contributed by atoms with Crippen molar-refractivity contribution in [2.75, 3.05) is 46.6 Å². The van der Waals surface area contributed by atoms with E-state index in [1.807, 2.05) is 0 Å². The number of alkyl halides is 6. The molecule has 3 rings (SSSR count). The number of likely N-dealkylation sites (N-methyl/N-ethyl adjacent to an activating group) is 1. The first-order chi connectivity index (χ1) is 17.3. The molecule has 0 saturated carbocycles. The number of ether oxygens (including phenoxy) is 2. The number of amides is 3. The van der Waals surface area contributed by atoms with Gasteiger partial charge >= 0.3 is 18.4 Å². The highest BCUT2D eigenvalue weighted by atomic mass is 19.4. The Kier molecular flexibility index (Phi) is 8.55. The number of aromatic nitrogens is 3. The number of hydrogen-bond donors (Lipinski definition) is 1. The Morgan fingerprint density at radius 1 is 0.946 bits per heavy atom. The number of urea groups is 1. The van der Waals surface area contributed by atoms with Gasteiger partial charge < -0.3 is 14.6 Å². The zero-order valence-electron chi connectivity index (χ0n) is 19.2. The zero-order chi connectivity index (χ0) is 27.4. The largest absolute Gasteiger partial charge is 0.416 e. The molecule has 1 saturated heterocycles. The fraction of sp³-hybridized carbons (Fsp3) is 0.429. The van der Waals surface area contributed by atoms with E-state index in [0.29, 0.717) is 12.1 Å². The van der Waals surface area contributed by atoms with E-state index in [1.54, 1.807) is 0 Å². The summed E-state index contributed by atoms with van der Waals surface area (Å²) in [4.78, 5) is 30.8. The van der Waals surface area contributed by atoms with E-state index in [0.717, 1.165) is 27.0 Å². The lowest BCUT2D eigenvalue weighted by Gasteiger charge is -2.13. The molecule has 2 heterocycles. The van der Waals surface area contributed by atoms with Gasteiger partial charge in [-0.15, -0.1) is 5.10 Å². The average Bonchev–Trinajstić information content (AvgIpc) is 3.37. The number of benzene rings is 1. The van der Waals surface area contributed by atoms with Gasteiger partial charge in [0.25, 0.3) is 5.91 Å². The van der Waals surface area contributed by atoms with Crippen molar-refractivity contribution in [1.82, 2.24) is 24.6 Å². The molecule has 1 aromatic heterocycles. The lowest BCUT2D eigenvalue weighted by atomic mass is 10.0. The maximum Gasteiger partial charge on any atom is 0.416 e. The van der Waals surface area contributed by atoms with Gasteiger partial charge in [-0.05, 0) is 18.2 Å². The Morgan fingerprint density at radius 3 is 2.11 bits per heavy atom. The molecular weight excluding hydrogens is 516 g/mol. The number of aliphatic hydroxyl groups excluding tert-OH is 1. The van der Waals surface area contributed by atoms with Gasteiger partial charge in [-0.3, -0.25) is 14.6 Å². The van der Waals surface area contributed by atoms with Crippen LogP contribution in [0.25, 0.3) is 17.6 Å². The maximum atomic E-state index is 13.1. The second kappa shape index (κ2) is 11.3. The van der Waals surface area contributed by atoms with Gasteiger partial charge in [-0.2, -0.15) is 26.3 Å². The van der Waals surface area contributed by atoms with Gasteiger partial charge in [-0.25, -0.2) is 14.5 Å². The predicted molar refractivity (Wildman–Crippen MR) is 113 cm³/mol. The summed E-state index contributed by atoms with van der Waals surface area (Å²) < 4.78 is 90.0. The minimum absolute atomic E-state index is 0.00560. The highest BCUT2D eigenvalue weighted by Gasteiger charge is 2.39. The average molecular weight is 537 g/mol. The van der Waals surface area contributed by atoms with E-state index in [-0.39, 0.29) is 51.3 Å². The van der Waals surface area contributed by atoms with E-state index in [2.05, 4.69) is 10.1 Å². The summed E-state index contributed by atoms with van der Waals surface area (Å²) in [6, 6.07) is 0.273. The van der Waals surface area contributed by atoms with Crippen LogP contribution in [-0.4, -0.2) is 88.2 Å². The second-order valence-electron chi connectivity index (χ2n) is 7.60. The molecule has 1 aliphatic rings. The first-order valence-corrected chi connectivity index (χ1v) is 10.6. The summed E-state index contributed by atoms with van der Waals surface area (Å²) in [7, 11) is 1.30. The van der Waals surface area contributed by atoms with Gasteiger partial charge in [0.05, 0.1) is 56.9 Å². The summed E-state index contributed by atoms with van der Waals surface area (Å²) in [5, 5.41) is 12.5. The van der Waals surface area contributed by atoms with Gasteiger partial charge in [0.2, 0.25) is 0 Å². The molecule has 1 aromatic carbocycles. The normalized spacial score (nSPS) is 15.9. The molecule has 202 valence electrons. The quantitative estimate of drug-likeness (QED) is 0.215. The molecule has 0 radical (unpaired) electrons. The van der Waals surface area contributed by atoms with Crippen molar-refractivity contribution in [3.05, 3.63) is 41.4 Å². The van der Waals surface area contributed by atoms with Crippen LogP contribution in [0.1, 0.15) is 11.1 Å². The number of carbonyl (C=O) groups excluding carboxylic acids is 2. The van der Waals surface area contributed by atoms with E-state index in [4.69, 9.17) is 14.6 Å². The van der Waals surface area contributed by atoms with Crippen LogP contribution in [0.4, 0.5) is 31.1 Å². The molecule has 0 aliphatic carbocycles. The summed E-state index contributed by atoms with van der Waals surface area (Å²) >= 11 is 0. The fourth-order valence-corrected chi connectivity index (χ4v) is 3.21. The van der Waals surface area contributed by atoms with E-state index in [9.17, 15) is 35.9 Å². The predicted octanol–water partition coefficient (Wildman–Crippen LogP) is 2.70. The van der Waals surface area contributed by atoms with Crippen molar-refractivity contribution >= 4 is 18.1 Å². The Balaban J connectivity index is 1.77. The summed E-state index contributed by atoms with van der Waals surface area (Å²) in [5.74, 6) is -1.18. The Hall–Kier alpha value is -3.50. The van der Waals surface area contributed by atoms with Gasteiger partial charge in [0.1, 0.15) is 12.0 Å². The SMILES string of the molecule is CN1C(=O)N(CCOCCOCCO)C(=O)C1=Cn1cnc(-c2cc(C(F)(F)F)cc(C(F)(F)F)c2)n1. The number of aliphatic hydroxyl groups is 1. The van der Waals surface area contributed by atoms with E-state index >= 15 is 0 Å². The molecule has 0 bridgehead atoms. The van der Waals surface area contributed by atoms with Gasteiger partial charge in [-0.1, -0.05) is 0 Å². The van der Waals surface area contributed by atoms with Crippen LogP contribution in [-0.2, 0) is 26.6 Å². The Bertz CT molecular complexity index is 1130. The maximum absolute atomic E-state index is 13.1. The molecule has 16 heteroatoms. The molecule has 1 fully saturated rings. The first-order valence-electron chi connectivity index (χ1n) is 10.6. The second-order valence-corrected chi connectivity index (χ2v) is 7.60. The minimum Gasteiger partial charge on any atom is -0.394 e. The molecule has 10 nitrogen and oxygen atoms in total. The third-order valence-corrected chi connectivity index (χ3v) is 5.02. The lowest BCUT2D eigenvalue weighted by molar-refractivity contribution is -0.143. The van der Waals surface area contributed by atoms with Crippen molar-refractivity contribution < 1.29 is 50.5 Å². The van der Waals surface area contributed by atoms with Crippen LogP contribution in [0, 0.1) is 0 Å². The van der Waals surface area contributed by atoms with Crippen LogP contribution < -0.4 is 0 Å². The smallest absolute Gasteiger partial charge is 0.394 e. The standard InChI is InChI=1S/C21H21F6N5O5/c1-30-16(18(34)32(19(30)35)2-4-36-6-7-37-5-3-33)11-31-12-28-17(29-31)13-8-14(20(22,23)24)10-15(9-13)21(25,26)27/h8-12,33H,2-7H2,1H3. The number of halogens is 6. The number of nitrogens with zero attached hydrogens (tertiary/aromatic N) is 5. The van der Waals surface area contributed by atoms with Crippen molar-refractivity contribution in [1.29, 1.82) is 0 Å². The van der Waals surface area contributed by atoms with Gasteiger partial charge in [0, 0.05) is 12.6 Å². The molecule has 0 unspecified atom stereocenters. The molecular formula is C21H21F6N5O5. The van der Waals surface area contributed by atoms with E-state index in [1.165, 1.54) is 7.05 Å². The monoisotopic (exact) mass is 537 g/mol. The molecule has 1 aliphatic heterocycles. The third kappa shape index (κ3) is 6.84. The Labute approximate surface area is 205 Å². The fourth-order valence-electron chi connectivity index (χ4n) is 3.21. The van der Waals surface area contributed by atoms with Gasteiger partial charge in [0.15, 0.2) is 5.82 Å². The Morgan fingerprint density at radius 2 is 1.54 bits per heavy atom. The highest BCUT2D eigenvalue weighted by molar-refractivity contribution is 6.13. The number of hydrogen-bond acceptors (Lipinski definition) is 7. The molecule has 0 atom stereocenters. The van der Waals surface area contributed by atoms with Crippen molar-refractivity contribution in [2.24, 2.45) is 0 Å². The number of carbonyl (C=O) groups is 2. The highest BCUT2D eigenvalue weighted by Crippen LogP contribution is 2.38. The molecule has 2 aromatic rings. The van der Waals surface area contributed by atoms with Crippen LogP contribution in [0.5, 0.6) is 0 Å². The van der Waals surface area contributed by atoms with Crippen molar-refractivity contribution in [3.8, 4) is 11.4 Å². The number of rotatable bonds is 10. The van der Waals surface area contributed by atoms with Crippen molar-refractivity contribution in [2.45, 2.75) is 12.4 Å². The zero-order valence-corrected chi connectivity index (χ0v) is 19.2. The van der Waals surface area contributed by atoms with Crippen LogP contribution in [0.15, 0.2) is 30.2 Å². The van der Waals surface area contributed by atoms with E-state index < -0.39 is 46.8 Å². The minimum atomic E-state index is -5.04. The van der Waals surface area contributed by atoms with Crippen LogP contribution in [0.3, 0.4) is 0 Å². The van der Waals surface area contributed by atoms with Crippen LogP contribution in [0.2, 0.25) is 0 Å². The lowest BCUT2D eigenvalue weighted by Crippen LogP contribution is -2.34. The topological polar surface area (TPSA) is 110 Å². The summed E-state index contributed by atoms with van der Waals surface area (Å²) in [6.07, 6.45) is -8.04. The summed E-state index contributed by atoms with van der Waals surface area (Å²) in [6.45, 7) is 0.297. The van der Waals surface area contributed by atoms with Crippen molar-refractivity contribution in [3.63, 3.8) is 0 Å². The molecule has 0 spiro atoms. The number of imide groups is 1. The molecule has 1 N–H and O–H groups in total. The third-order valence-electron chi connectivity index (χ3n) is 5.02. The molecule has 37 heavy (non-hydrogen) atoms. The summed E-state index contributed by atoms with van der Waals surface area (Å²) in [5.41, 5.74) is -3.75.